The molecule has 1 amide bonds. The van der Waals surface area contributed by atoms with E-state index in [9.17, 15) is 4.79 Å². The van der Waals surface area contributed by atoms with Gasteiger partial charge in [-0.05, 0) is 25.0 Å². The molecule has 1 saturated heterocycles. The van der Waals surface area contributed by atoms with Crippen LogP contribution >= 0.6 is 0 Å². The van der Waals surface area contributed by atoms with Gasteiger partial charge in [-0.3, -0.25) is 4.79 Å². The van der Waals surface area contributed by atoms with Crippen molar-refractivity contribution in [3.63, 3.8) is 0 Å². The van der Waals surface area contributed by atoms with Gasteiger partial charge < -0.3 is 20.1 Å². The van der Waals surface area contributed by atoms with Crippen LogP contribution in [0.15, 0.2) is 36.9 Å². The van der Waals surface area contributed by atoms with Gasteiger partial charge in [0, 0.05) is 13.2 Å². The number of hydrogen-bond donors (Lipinski definition) is 2. The Bertz CT molecular complexity index is 470. The lowest BCUT2D eigenvalue weighted by atomic mass is 10.2. The maximum absolute atomic E-state index is 11.9. The van der Waals surface area contributed by atoms with Crippen molar-refractivity contribution in [2.45, 2.75) is 18.9 Å². The minimum absolute atomic E-state index is 0.0948. The van der Waals surface area contributed by atoms with Gasteiger partial charge in [-0.2, -0.15) is 0 Å². The quantitative estimate of drug-likeness (QED) is 0.719. The molecule has 1 aliphatic heterocycles. The van der Waals surface area contributed by atoms with Crippen molar-refractivity contribution >= 4 is 11.6 Å². The van der Waals surface area contributed by atoms with Crippen LogP contribution in [0.25, 0.3) is 0 Å². The lowest BCUT2D eigenvalue weighted by Crippen LogP contribution is -2.33. The van der Waals surface area contributed by atoms with E-state index in [4.69, 9.17) is 9.47 Å². The molecule has 1 aromatic rings. The summed E-state index contributed by atoms with van der Waals surface area (Å²) in [7, 11) is 0. The highest BCUT2D eigenvalue weighted by Gasteiger charge is 2.15. The Labute approximate surface area is 125 Å². The smallest absolute Gasteiger partial charge is 0.238 e. The largest absolute Gasteiger partial charge is 0.487 e. The second-order valence-corrected chi connectivity index (χ2v) is 4.91. The van der Waals surface area contributed by atoms with Gasteiger partial charge in [0.1, 0.15) is 12.4 Å². The maximum atomic E-state index is 11.9. The van der Waals surface area contributed by atoms with Gasteiger partial charge in [0.15, 0.2) is 0 Å². The Morgan fingerprint density at radius 2 is 2.33 bits per heavy atom. The van der Waals surface area contributed by atoms with Crippen molar-refractivity contribution in [3.8, 4) is 5.75 Å². The Hall–Kier alpha value is -1.85. The first-order valence-corrected chi connectivity index (χ1v) is 7.24. The van der Waals surface area contributed by atoms with E-state index in [0.29, 0.717) is 24.6 Å². The normalized spacial score (nSPS) is 17.4. The molecule has 0 aromatic heterocycles. The predicted octanol–water partition coefficient (Wildman–Crippen LogP) is 1.96. The number of nitrogens with one attached hydrogen (secondary N) is 2. The van der Waals surface area contributed by atoms with Crippen LogP contribution in [0.2, 0.25) is 0 Å². The number of benzene rings is 1. The highest BCUT2D eigenvalue weighted by atomic mass is 16.5. The van der Waals surface area contributed by atoms with E-state index in [-0.39, 0.29) is 18.6 Å². The van der Waals surface area contributed by atoms with Crippen molar-refractivity contribution in [1.29, 1.82) is 0 Å². The predicted molar refractivity (Wildman–Crippen MR) is 82.6 cm³/mol. The average molecular weight is 290 g/mol. The minimum Gasteiger partial charge on any atom is -0.487 e. The van der Waals surface area contributed by atoms with E-state index in [0.717, 1.165) is 19.4 Å². The van der Waals surface area contributed by atoms with Gasteiger partial charge in [-0.1, -0.05) is 24.8 Å². The summed E-state index contributed by atoms with van der Waals surface area (Å²) < 4.78 is 11.0. The number of hydrogen-bond acceptors (Lipinski definition) is 4. The summed E-state index contributed by atoms with van der Waals surface area (Å²) in [4.78, 5) is 11.9. The molecule has 2 rings (SSSR count). The number of rotatable bonds is 8. The first kappa shape index (κ1) is 15.5. The van der Waals surface area contributed by atoms with E-state index in [1.165, 1.54) is 0 Å². The van der Waals surface area contributed by atoms with Crippen molar-refractivity contribution in [2.75, 3.05) is 31.6 Å². The third-order valence-electron chi connectivity index (χ3n) is 3.20. The zero-order chi connectivity index (χ0) is 14.9. The number of para-hydroxylation sites is 2. The molecular formula is C16H22N2O3. The fourth-order valence-corrected chi connectivity index (χ4v) is 2.19. The van der Waals surface area contributed by atoms with E-state index < -0.39 is 0 Å². The van der Waals surface area contributed by atoms with Crippen molar-refractivity contribution in [1.82, 2.24) is 5.32 Å². The zero-order valence-electron chi connectivity index (χ0n) is 12.1. The van der Waals surface area contributed by atoms with Crippen molar-refractivity contribution in [3.05, 3.63) is 36.9 Å². The average Bonchev–Trinajstić information content (AvgIpc) is 2.99. The summed E-state index contributed by atoms with van der Waals surface area (Å²) >= 11 is 0. The third-order valence-corrected chi connectivity index (χ3v) is 3.20. The van der Waals surface area contributed by atoms with Gasteiger partial charge in [0.25, 0.3) is 0 Å². The summed E-state index contributed by atoms with van der Waals surface area (Å²) in [6, 6.07) is 7.36. The second-order valence-electron chi connectivity index (χ2n) is 4.91. The molecule has 0 aliphatic carbocycles. The zero-order valence-corrected chi connectivity index (χ0v) is 12.1. The van der Waals surface area contributed by atoms with Gasteiger partial charge in [-0.25, -0.2) is 0 Å². The van der Waals surface area contributed by atoms with Gasteiger partial charge >= 0.3 is 0 Å². The number of carbonyl (C=O) groups is 1. The molecule has 1 aromatic carbocycles. The molecule has 5 heteroatoms. The van der Waals surface area contributed by atoms with Crippen LogP contribution in [0.3, 0.4) is 0 Å². The molecule has 1 aliphatic rings. The van der Waals surface area contributed by atoms with E-state index in [2.05, 4.69) is 17.2 Å². The van der Waals surface area contributed by atoms with Crippen molar-refractivity contribution < 1.29 is 14.3 Å². The molecule has 0 bridgehead atoms. The van der Waals surface area contributed by atoms with Crippen LogP contribution in [-0.2, 0) is 9.53 Å². The topological polar surface area (TPSA) is 59.6 Å². The Balaban J connectivity index is 1.77. The first-order valence-electron chi connectivity index (χ1n) is 7.24. The SMILES string of the molecule is C=CCOc1ccccc1NC(=O)CNCC1CCCO1. The molecule has 1 fully saturated rings. The molecule has 114 valence electrons. The number of amides is 1. The highest BCUT2D eigenvalue weighted by Crippen LogP contribution is 2.23. The standard InChI is InChI=1S/C16H22N2O3/c1-2-9-21-15-8-4-3-7-14(15)18-16(19)12-17-11-13-6-5-10-20-13/h2-4,7-8,13,17H,1,5-6,9-12H2,(H,18,19). The number of carbonyl (C=O) groups excluding carboxylic acids is 1. The highest BCUT2D eigenvalue weighted by molar-refractivity contribution is 5.93. The Morgan fingerprint density at radius 1 is 1.48 bits per heavy atom. The molecular weight excluding hydrogens is 268 g/mol. The summed E-state index contributed by atoms with van der Waals surface area (Å²) in [6.45, 7) is 5.81. The number of ether oxygens (including phenoxy) is 2. The van der Waals surface area contributed by atoms with E-state index >= 15 is 0 Å². The lowest BCUT2D eigenvalue weighted by molar-refractivity contribution is -0.115. The minimum atomic E-state index is -0.0948. The van der Waals surface area contributed by atoms with Crippen LogP contribution in [-0.4, -0.2) is 38.3 Å². The van der Waals surface area contributed by atoms with Crippen LogP contribution in [0.4, 0.5) is 5.69 Å². The van der Waals surface area contributed by atoms with Crippen LogP contribution in [0.1, 0.15) is 12.8 Å². The van der Waals surface area contributed by atoms with Gasteiger partial charge in [0.05, 0.1) is 18.3 Å². The second kappa shape index (κ2) is 8.44. The van der Waals surface area contributed by atoms with Crippen molar-refractivity contribution in [2.24, 2.45) is 0 Å². The number of anilines is 1. The fraction of sp³-hybridized carbons (Fsp3) is 0.438. The Kier molecular flexibility index (Phi) is 6.24. The molecule has 0 radical (unpaired) electrons. The lowest BCUT2D eigenvalue weighted by Gasteiger charge is -2.13. The third kappa shape index (κ3) is 5.21. The summed E-state index contributed by atoms with van der Waals surface area (Å²) in [6.07, 6.45) is 4.07. The monoisotopic (exact) mass is 290 g/mol. The fourth-order valence-electron chi connectivity index (χ4n) is 2.19. The first-order chi connectivity index (χ1) is 10.3. The molecule has 1 atom stereocenters. The van der Waals surface area contributed by atoms with E-state index in [1.54, 1.807) is 6.08 Å². The molecule has 1 heterocycles. The summed E-state index contributed by atoms with van der Waals surface area (Å²) in [5.74, 6) is 0.549. The molecule has 1 unspecified atom stereocenters. The van der Waals surface area contributed by atoms with Gasteiger partial charge in [-0.15, -0.1) is 0 Å². The van der Waals surface area contributed by atoms with E-state index in [1.807, 2.05) is 24.3 Å². The maximum Gasteiger partial charge on any atom is 0.238 e. The molecule has 5 nitrogen and oxygen atoms in total. The molecule has 21 heavy (non-hydrogen) atoms. The van der Waals surface area contributed by atoms with Crippen LogP contribution in [0, 0.1) is 0 Å². The Morgan fingerprint density at radius 3 is 3.10 bits per heavy atom. The summed E-state index contributed by atoms with van der Waals surface area (Å²) in [5.41, 5.74) is 0.670. The summed E-state index contributed by atoms with van der Waals surface area (Å²) in [5, 5.41) is 5.96. The van der Waals surface area contributed by atoms with Crippen LogP contribution < -0.4 is 15.4 Å². The molecule has 0 spiro atoms. The molecule has 2 N–H and O–H groups in total. The van der Waals surface area contributed by atoms with Crippen LogP contribution in [0.5, 0.6) is 5.75 Å². The van der Waals surface area contributed by atoms with Gasteiger partial charge in [0.2, 0.25) is 5.91 Å². The molecule has 0 saturated carbocycles.